The summed E-state index contributed by atoms with van der Waals surface area (Å²) in [6.07, 6.45) is 0.0977. The van der Waals surface area contributed by atoms with E-state index < -0.39 is 0 Å². The maximum absolute atomic E-state index is 14.0. The smallest absolute Gasteiger partial charge is 0.227 e. The summed E-state index contributed by atoms with van der Waals surface area (Å²) in [6, 6.07) is 13.9. The predicted molar refractivity (Wildman–Crippen MR) is 112 cm³/mol. The van der Waals surface area contributed by atoms with E-state index in [1.54, 1.807) is 31.2 Å². The molecule has 4 rings (SSSR count). The molecule has 0 spiro atoms. The van der Waals surface area contributed by atoms with Gasteiger partial charge in [-0.1, -0.05) is 17.3 Å². The molecule has 0 bridgehead atoms. The first kappa shape index (κ1) is 19.7. The molecule has 1 amide bonds. The van der Waals surface area contributed by atoms with Gasteiger partial charge in [-0.15, -0.1) is 0 Å². The first-order valence-corrected chi connectivity index (χ1v) is 9.56. The van der Waals surface area contributed by atoms with Gasteiger partial charge < -0.3 is 19.1 Å². The molecular formula is C23H22FN3O3. The number of rotatable bonds is 6. The van der Waals surface area contributed by atoms with E-state index in [1.807, 2.05) is 31.2 Å². The van der Waals surface area contributed by atoms with Crippen molar-refractivity contribution in [3.8, 4) is 17.0 Å². The Bertz CT molecular complexity index is 1210. The number of H-pyrrole nitrogens is 1. The zero-order valence-corrected chi connectivity index (χ0v) is 17.0. The molecule has 4 aromatic rings. The van der Waals surface area contributed by atoms with Crippen molar-refractivity contribution in [3.63, 3.8) is 0 Å². The van der Waals surface area contributed by atoms with Gasteiger partial charge in [-0.3, -0.25) is 4.79 Å². The fraction of sp³-hybridized carbons (Fsp3) is 0.217. The number of carbonyl (C=O) groups is 1. The summed E-state index contributed by atoms with van der Waals surface area (Å²) in [5.74, 6) is 0.805. The van der Waals surface area contributed by atoms with Crippen LogP contribution < -0.4 is 4.74 Å². The maximum atomic E-state index is 14.0. The summed E-state index contributed by atoms with van der Waals surface area (Å²) in [7, 11) is 3.30. The van der Waals surface area contributed by atoms with E-state index in [0.29, 0.717) is 23.4 Å². The number of para-hydroxylation sites is 1. The van der Waals surface area contributed by atoms with Crippen molar-refractivity contribution >= 4 is 16.8 Å². The number of ether oxygens (including phenoxy) is 1. The molecule has 2 aromatic heterocycles. The number of hydrogen-bond donors (Lipinski definition) is 1. The molecule has 0 aliphatic carbocycles. The van der Waals surface area contributed by atoms with Crippen LogP contribution in [0.15, 0.2) is 53.1 Å². The van der Waals surface area contributed by atoms with E-state index in [2.05, 4.69) is 10.1 Å². The SMILES string of the molecule is COc1ccccc1-c1[nH]c2ccc(F)cc2c1CC(=O)N(C)Cc1cc(C)no1. The molecular weight excluding hydrogens is 385 g/mol. The van der Waals surface area contributed by atoms with E-state index in [0.717, 1.165) is 28.0 Å². The van der Waals surface area contributed by atoms with Crippen molar-refractivity contribution in [1.29, 1.82) is 0 Å². The van der Waals surface area contributed by atoms with Crippen LogP contribution in [-0.4, -0.2) is 35.1 Å². The molecule has 7 heteroatoms. The van der Waals surface area contributed by atoms with Crippen molar-refractivity contribution in [2.45, 2.75) is 19.9 Å². The van der Waals surface area contributed by atoms with Crippen LogP contribution in [0, 0.1) is 12.7 Å². The van der Waals surface area contributed by atoms with Crippen LogP contribution in [-0.2, 0) is 17.8 Å². The molecule has 0 aliphatic rings. The lowest BCUT2D eigenvalue weighted by Gasteiger charge is -2.16. The highest BCUT2D eigenvalue weighted by Gasteiger charge is 2.21. The first-order chi connectivity index (χ1) is 14.5. The Hall–Kier alpha value is -3.61. The van der Waals surface area contributed by atoms with E-state index in [-0.39, 0.29) is 18.1 Å². The molecule has 0 radical (unpaired) electrons. The fourth-order valence-electron chi connectivity index (χ4n) is 3.58. The minimum absolute atomic E-state index is 0.0977. The van der Waals surface area contributed by atoms with Gasteiger partial charge in [0.25, 0.3) is 0 Å². The van der Waals surface area contributed by atoms with Crippen LogP contribution in [0.25, 0.3) is 22.2 Å². The fourth-order valence-corrected chi connectivity index (χ4v) is 3.58. The summed E-state index contributed by atoms with van der Waals surface area (Å²) in [4.78, 5) is 17.9. The Balaban J connectivity index is 1.73. The lowest BCUT2D eigenvalue weighted by molar-refractivity contribution is -0.129. The standard InChI is InChI=1S/C23H22FN3O3/c1-14-10-16(30-26-14)13-27(2)22(28)12-19-18-11-15(24)8-9-20(18)25-23(19)17-6-4-5-7-21(17)29-3/h4-11,25H,12-13H2,1-3H3. The number of aromatic nitrogens is 2. The van der Waals surface area contributed by atoms with Gasteiger partial charge in [-0.25, -0.2) is 4.39 Å². The highest BCUT2D eigenvalue weighted by atomic mass is 19.1. The van der Waals surface area contributed by atoms with Crippen LogP contribution in [0.3, 0.4) is 0 Å². The van der Waals surface area contributed by atoms with Crippen LogP contribution in [0.2, 0.25) is 0 Å². The summed E-state index contributed by atoms with van der Waals surface area (Å²) in [6.45, 7) is 2.13. The highest BCUT2D eigenvalue weighted by molar-refractivity contribution is 5.96. The molecule has 0 saturated carbocycles. The largest absolute Gasteiger partial charge is 0.496 e. The number of nitrogens with one attached hydrogen (secondary N) is 1. The first-order valence-electron chi connectivity index (χ1n) is 9.56. The third-order valence-corrected chi connectivity index (χ3v) is 5.07. The number of halogens is 1. The van der Waals surface area contributed by atoms with E-state index in [1.165, 1.54) is 12.1 Å². The van der Waals surface area contributed by atoms with E-state index >= 15 is 0 Å². The van der Waals surface area contributed by atoms with Gasteiger partial charge in [0.15, 0.2) is 5.76 Å². The highest BCUT2D eigenvalue weighted by Crippen LogP contribution is 2.36. The average Bonchev–Trinajstić information content (AvgIpc) is 3.31. The van der Waals surface area contributed by atoms with Gasteiger partial charge in [-0.2, -0.15) is 0 Å². The number of hydrogen-bond acceptors (Lipinski definition) is 4. The molecule has 0 unspecified atom stereocenters. The zero-order valence-electron chi connectivity index (χ0n) is 17.0. The van der Waals surface area contributed by atoms with Crippen molar-refractivity contribution in [2.24, 2.45) is 0 Å². The van der Waals surface area contributed by atoms with Crippen molar-refractivity contribution in [1.82, 2.24) is 15.0 Å². The quantitative estimate of drug-likeness (QED) is 0.512. The van der Waals surface area contributed by atoms with Crippen molar-refractivity contribution < 1.29 is 18.4 Å². The number of carbonyl (C=O) groups excluding carboxylic acids is 1. The predicted octanol–water partition coefficient (Wildman–Crippen LogP) is 4.48. The van der Waals surface area contributed by atoms with Gasteiger partial charge in [0.2, 0.25) is 5.91 Å². The maximum Gasteiger partial charge on any atom is 0.227 e. The summed E-state index contributed by atoms with van der Waals surface area (Å²) >= 11 is 0. The molecule has 6 nitrogen and oxygen atoms in total. The number of amides is 1. The zero-order chi connectivity index (χ0) is 21.3. The Morgan fingerprint density at radius 1 is 1.23 bits per heavy atom. The normalized spacial score (nSPS) is 11.1. The van der Waals surface area contributed by atoms with Gasteiger partial charge in [0.05, 0.1) is 31.5 Å². The van der Waals surface area contributed by atoms with E-state index in [4.69, 9.17) is 9.26 Å². The lowest BCUT2D eigenvalue weighted by Crippen LogP contribution is -2.27. The molecule has 0 atom stereocenters. The summed E-state index contributed by atoms with van der Waals surface area (Å²) in [5.41, 5.74) is 3.79. The Labute approximate surface area is 173 Å². The topological polar surface area (TPSA) is 71.4 Å². The second-order valence-electron chi connectivity index (χ2n) is 7.23. The minimum Gasteiger partial charge on any atom is -0.496 e. The molecule has 0 fully saturated rings. The van der Waals surface area contributed by atoms with Crippen molar-refractivity contribution in [3.05, 3.63) is 71.4 Å². The Morgan fingerprint density at radius 2 is 2.03 bits per heavy atom. The third-order valence-electron chi connectivity index (χ3n) is 5.07. The molecule has 154 valence electrons. The molecule has 0 aliphatic heterocycles. The summed E-state index contributed by atoms with van der Waals surface area (Å²) in [5, 5.41) is 4.53. The Morgan fingerprint density at radius 3 is 2.77 bits per heavy atom. The van der Waals surface area contributed by atoms with Gasteiger partial charge in [-0.05, 0) is 42.8 Å². The lowest BCUT2D eigenvalue weighted by atomic mass is 10.0. The van der Waals surface area contributed by atoms with E-state index in [9.17, 15) is 9.18 Å². The number of fused-ring (bicyclic) bond motifs is 1. The van der Waals surface area contributed by atoms with Crippen molar-refractivity contribution in [2.75, 3.05) is 14.2 Å². The average molecular weight is 407 g/mol. The number of aryl methyl sites for hydroxylation is 1. The number of benzene rings is 2. The van der Waals surface area contributed by atoms with Gasteiger partial charge >= 0.3 is 0 Å². The second-order valence-corrected chi connectivity index (χ2v) is 7.23. The molecule has 2 aromatic carbocycles. The number of nitrogens with zero attached hydrogens (tertiary/aromatic N) is 2. The second kappa shape index (κ2) is 8.02. The molecule has 2 heterocycles. The summed E-state index contributed by atoms with van der Waals surface area (Å²) < 4.78 is 24.7. The van der Waals surface area contributed by atoms with Crippen LogP contribution in [0.1, 0.15) is 17.0 Å². The van der Waals surface area contributed by atoms with Gasteiger partial charge in [0, 0.05) is 29.6 Å². The minimum atomic E-state index is -0.354. The third kappa shape index (κ3) is 3.78. The number of likely N-dealkylation sites (N-methyl/N-ethyl adjacent to an activating group) is 1. The van der Waals surface area contributed by atoms with Crippen LogP contribution in [0.4, 0.5) is 4.39 Å². The van der Waals surface area contributed by atoms with Gasteiger partial charge in [0.1, 0.15) is 11.6 Å². The number of aromatic amines is 1. The Kier molecular flexibility index (Phi) is 5.27. The molecule has 0 saturated heterocycles. The number of methoxy groups -OCH3 is 1. The molecule has 1 N–H and O–H groups in total. The van der Waals surface area contributed by atoms with Crippen LogP contribution >= 0.6 is 0 Å². The monoisotopic (exact) mass is 407 g/mol. The molecule has 30 heavy (non-hydrogen) atoms. The van der Waals surface area contributed by atoms with Crippen LogP contribution in [0.5, 0.6) is 5.75 Å².